The lowest BCUT2D eigenvalue weighted by Gasteiger charge is -2.22. The molecule has 2 rings (SSSR count). The van der Waals surface area contributed by atoms with Gasteiger partial charge in [0, 0.05) is 12.7 Å². The first-order chi connectivity index (χ1) is 7.36. The third-order valence-electron chi connectivity index (χ3n) is 2.25. The number of amides is 1. The van der Waals surface area contributed by atoms with E-state index in [1.54, 1.807) is 12.5 Å². The van der Waals surface area contributed by atoms with Gasteiger partial charge in [0.05, 0.1) is 31.8 Å². The zero-order chi connectivity index (χ0) is 10.5. The van der Waals surface area contributed by atoms with Gasteiger partial charge in [-0.1, -0.05) is 0 Å². The maximum Gasteiger partial charge on any atom is 0.239 e. The Hall–Kier alpha value is -1.40. The number of carbonyl (C=O) groups excluding carboxylic acids is 1. The number of H-pyrrole nitrogens is 1. The summed E-state index contributed by atoms with van der Waals surface area (Å²) in [4.78, 5) is 18.4. The zero-order valence-electron chi connectivity index (χ0n) is 8.32. The first kappa shape index (κ1) is 10.1. The average Bonchev–Trinajstić information content (AvgIpc) is 2.80. The normalized spacial score (nSPS) is 21.2. The fraction of sp³-hybridized carbons (Fsp3) is 0.556. The van der Waals surface area contributed by atoms with Crippen LogP contribution in [0.25, 0.3) is 0 Å². The Morgan fingerprint density at radius 2 is 2.67 bits per heavy atom. The SMILES string of the molecule is O=C(NCc1cnc[nH]1)C1COCCN1. The molecule has 1 amide bonds. The number of aromatic nitrogens is 2. The number of hydrogen-bond donors (Lipinski definition) is 3. The molecule has 0 spiro atoms. The first-order valence-electron chi connectivity index (χ1n) is 4.92. The molecule has 1 aliphatic heterocycles. The summed E-state index contributed by atoms with van der Waals surface area (Å²) in [6, 6.07) is -0.235. The molecule has 82 valence electrons. The molecule has 0 aliphatic carbocycles. The molecule has 1 atom stereocenters. The number of nitrogens with zero attached hydrogens (tertiary/aromatic N) is 1. The van der Waals surface area contributed by atoms with Crippen LogP contribution in [0.4, 0.5) is 0 Å². The van der Waals surface area contributed by atoms with E-state index in [0.717, 1.165) is 12.2 Å². The summed E-state index contributed by atoms with van der Waals surface area (Å²) in [7, 11) is 0. The van der Waals surface area contributed by atoms with Crippen LogP contribution in [0.3, 0.4) is 0 Å². The van der Waals surface area contributed by atoms with Crippen molar-refractivity contribution in [2.45, 2.75) is 12.6 Å². The van der Waals surface area contributed by atoms with Crippen molar-refractivity contribution in [3.05, 3.63) is 18.2 Å². The number of imidazole rings is 1. The van der Waals surface area contributed by atoms with Crippen molar-refractivity contribution in [2.24, 2.45) is 0 Å². The van der Waals surface area contributed by atoms with Crippen molar-refractivity contribution in [1.82, 2.24) is 20.6 Å². The molecule has 15 heavy (non-hydrogen) atoms. The first-order valence-corrected chi connectivity index (χ1v) is 4.92. The fourth-order valence-electron chi connectivity index (χ4n) is 1.42. The fourth-order valence-corrected chi connectivity index (χ4v) is 1.42. The van der Waals surface area contributed by atoms with Crippen molar-refractivity contribution in [3.63, 3.8) is 0 Å². The third-order valence-corrected chi connectivity index (χ3v) is 2.25. The number of morpholine rings is 1. The largest absolute Gasteiger partial charge is 0.378 e. The zero-order valence-corrected chi connectivity index (χ0v) is 8.32. The third kappa shape index (κ3) is 2.77. The molecule has 1 aromatic heterocycles. The predicted octanol–water partition coefficient (Wildman–Crippen LogP) is -0.986. The monoisotopic (exact) mass is 210 g/mol. The quantitative estimate of drug-likeness (QED) is 0.599. The molecule has 1 aromatic rings. The topological polar surface area (TPSA) is 79.0 Å². The standard InChI is InChI=1S/C9H14N4O2/c14-9(8-5-15-2-1-11-8)12-4-7-3-10-6-13-7/h3,6,8,11H,1-2,4-5H2,(H,10,13)(H,12,14). The van der Waals surface area contributed by atoms with Crippen LogP contribution in [-0.2, 0) is 16.1 Å². The lowest BCUT2D eigenvalue weighted by atomic mass is 10.2. The van der Waals surface area contributed by atoms with E-state index in [0.29, 0.717) is 19.8 Å². The highest BCUT2D eigenvalue weighted by atomic mass is 16.5. The van der Waals surface area contributed by atoms with E-state index in [-0.39, 0.29) is 11.9 Å². The highest BCUT2D eigenvalue weighted by Gasteiger charge is 2.20. The van der Waals surface area contributed by atoms with Crippen molar-refractivity contribution in [3.8, 4) is 0 Å². The van der Waals surface area contributed by atoms with Gasteiger partial charge in [-0.2, -0.15) is 0 Å². The maximum atomic E-state index is 11.6. The Balaban J connectivity index is 1.76. The Morgan fingerprint density at radius 1 is 1.73 bits per heavy atom. The molecule has 0 saturated carbocycles. The van der Waals surface area contributed by atoms with Crippen LogP contribution < -0.4 is 10.6 Å². The van der Waals surface area contributed by atoms with Gasteiger partial charge < -0.3 is 20.4 Å². The minimum Gasteiger partial charge on any atom is -0.378 e. The maximum absolute atomic E-state index is 11.6. The minimum atomic E-state index is -0.235. The van der Waals surface area contributed by atoms with Crippen LogP contribution >= 0.6 is 0 Å². The summed E-state index contributed by atoms with van der Waals surface area (Å²) < 4.78 is 5.20. The highest BCUT2D eigenvalue weighted by molar-refractivity contribution is 5.81. The lowest BCUT2D eigenvalue weighted by molar-refractivity contribution is -0.126. The van der Waals surface area contributed by atoms with Crippen LogP contribution in [0.2, 0.25) is 0 Å². The molecule has 2 heterocycles. The molecule has 1 unspecified atom stereocenters. The van der Waals surface area contributed by atoms with E-state index in [1.807, 2.05) is 0 Å². The number of nitrogens with one attached hydrogen (secondary N) is 3. The summed E-state index contributed by atoms with van der Waals surface area (Å²) in [6.07, 6.45) is 3.27. The van der Waals surface area contributed by atoms with Gasteiger partial charge >= 0.3 is 0 Å². The Bertz CT molecular complexity index is 306. The second-order valence-corrected chi connectivity index (χ2v) is 3.38. The van der Waals surface area contributed by atoms with Crippen LogP contribution in [0, 0.1) is 0 Å². The van der Waals surface area contributed by atoms with Gasteiger partial charge in [0.25, 0.3) is 0 Å². The van der Waals surface area contributed by atoms with Crippen LogP contribution in [-0.4, -0.2) is 41.7 Å². The van der Waals surface area contributed by atoms with Crippen molar-refractivity contribution in [2.75, 3.05) is 19.8 Å². The molecule has 1 fully saturated rings. The Morgan fingerprint density at radius 3 is 3.33 bits per heavy atom. The molecule has 1 aliphatic rings. The van der Waals surface area contributed by atoms with E-state index in [1.165, 1.54) is 0 Å². The van der Waals surface area contributed by atoms with Gasteiger partial charge in [-0.15, -0.1) is 0 Å². The van der Waals surface area contributed by atoms with Gasteiger partial charge in [0.2, 0.25) is 5.91 Å². The summed E-state index contributed by atoms with van der Waals surface area (Å²) in [6.45, 7) is 2.30. The van der Waals surface area contributed by atoms with Crippen molar-refractivity contribution in [1.29, 1.82) is 0 Å². The number of hydrogen-bond acceptors (Lipinski definition) is 4. The average molecular weight is 210 g/mol. The number of ether oxygens (including phenoxy) is 1. The molecule has 0 radical (unpaired) electrons. The summed E-state index contributed by atoms with van der Waals surface area (Å²) >= 11 is 0. The number of rotatable bonds is 3. The molecule has 1 saturated heterocycles. The van der Waals surface area contributed by atoms with E-state index >= 15 is 0 Å². The molecule has 3 N–H and O–H groups in total. The van der Waals surface area contributed by atoms with E-state index in [2.05, 4.69) is 20.6 Å². The van der Waals surface area contributed by atoms with Gasteiger partial charge in [0.15, 0.2) is 0 Å². The molecular weight excluding hydrogens is 196 g/mol. The minimum absolute atomic E-state index is 0.0377. The Labute approximate surface area is 87.4 Å². The highest BCUT2D eigenvalue weighted by Crippen LogP contribution is 1.95. The smallest absolute Gasteiger partial charge is 0.239 e. The van der Waals surface area contributed by atoms with Gasteiger partial charge in [-0.3, -0.25) is 4.79 Å². The van der Waals surface area contributed by atoms with Gasteiger partial charge in [-0.05, 0) is 0 Å². The summed E-state index contributed by atoms with van der Waals surface area (Å²) in [5.41, 5.74) is 0.889. The number of aromatic amines is 1. The summed E-state index contributed by atoms with van der Waals surface area (Å²) in [5.74, 6) is -0.0377. The molecule has 6 heteroatoms. The lowest BCUT2D eigenvalue weighted by Crippen LogP contribution is -2.51. The van der Waals surface area contributed by atoms with E-state index in [4.69, 9.17) is 4.74 Å². The van der Waals surface area contributed by atoms with Crippen molar-refractivity contribution >= 4 is 5.91 Å². The van der Waals surface area contributed by atoms with Gasteiger partial charge in [-0.25, -0.2) is 4.98 Å². The van der Waals surface area contributed by atoms with Crippen molar-refractivity contribution < 1.29 is 9.53 Å². The van der Waals surface area contributed by atoms with E-state index in [9.17, 15) is 4.79 Å². The van der Waals surface area contributed by atoms with Crippen LogP contribution in [0.15, 0.2) is 12.5 Å². The molecule has 0 aromatic carbocycles. The van der Waals surface area contributed by atoms with Gasteiger partial charge in [0.1, 0.15) is 6.04 Å². The second-order valence-electron chi connectivity index (χ2n) is 3.38. The molecule has 0 bridgehead atoms. The molecule has 6 nitrogen and oxygen atoms in total. The molecular formula is C9H14N4O2. The number of carbonyl (C=O) groups is 1. The Kier molecular flexibility index (Phi) is 3.31. The van der Waals surface area contributed by atoms with E-state index < -0.39 is 0 Å². The van der Waals surface area contributed by atoms with Crippen LogP contribution in [0.5, 0.6) is 0 Å². The second kappa shape index (κ2) is 4.90. The summed E-state index contributed by atoms with van der Waals surface area (Å²) in [5, 5.41) is 5.89. The van der Waals surface area contributed by atoms with Crippen LogP contribution in [0.1, 0.15) is 5.69 Å². The predicted molar refractivity (Wildman–Crippen MR) is 53.0 cm³/mol.